The summed E-state index contributed by atoms with van der Waals surface area (Å²) in [5.74, 6) is 0.654. The molecule has 0 saturated heterocycles. The minimum atomic E-state index is 0.427. The fourth-order valence-electron chi connectivity index (χ4n) is 1.38. The van der Waals surface area contributed by atoms with Crippen LogP contribution in [0.25, 0.3) is 0 Å². The first-order valence-electron chi connectivity index (χ1n) is 4.65. The monoisotopic (exact) mass is 358 g/mol. The number of thiophene rings is 1. The van der Waals surface area contributed by atoms with Gasteiger partial charge in [-0.25, -0.2) is 0 Å². The van der Waals surface area contributed by atoms with Crippen molar-refractivity contribution in [1.82, 2.24) is 0 Å². The standard InChI is InChI=1S/C10H13Br2ClS/c1-3-4-6(2)9(12)8-5-7(11)10(13)14-8/h5-6,9H,3-4H2,1-2H3. The quantitative estimate of drug-likeness (QED) is 0.575. The molecule has 0 aliphatic carbocycles. The maximum atomic E-state index is 6.01. The van der Waals surface area contributed by atoms with E-state index in [1.165, 1.54) is 17.7 Å². The van der Waals surface area contributed by atoms with Crippen LogP contribution >= 0.6 is 54.8 Å². The minimum absolute atomic E-state index is 0.427. The molecule has 0 fully saturated rings. The molecule has 1 aromatic heterocycles. The molecule has 0 radical (unpaired) electrons. The van der Waals surface area contributed by atoms with Gasteiger partial charge in [-0.3, -0.25) is 0 Å². The second-order valence-corrected chi connectivity index (χ2v) is 6.96. The van der Waals surface area contributed by atoms with Crippen LogP contribution in [0.2, 0.25) is 4.34 Å². The molecule has 4 heteroatoms. The number of halogens is 3. The van der Waals surface area contributed by atoms with Gasteiger partial charge in [0, 0.05) is 9.35 Å². The Morgan fingerprint density at radius 3 is 2.64 bits per heavy atom. The van der Waals surface area contributed by atoms with E-state index in [-0.39, 0.29) is 0 Å². The van der Waals surface area contributed by atoms with Crippen LogP contribution in [-0.4, -0.2) is 0 Å². The molecule has 0 aliphatic heterocycles. The van der Waals surface area contributed by atoms with Crippen LogP contribution in [-0.2, 0) is 0 Å². The summed E-state index contributed by atoms with van der Waals surface area (Å²) >= 11 is 14.8. The Morgan fingerprint density at radius 2 is 2.21 bits per heavy atom. The van der Waals surface area contributed by atoms with Gasteiger partial charge < -0.3 is 0 Å². The predicted octanol–water partition coefficient (Wildman–Crippen LogP) is 6.04. The van der Waals surface area contributed by atoms with Crippen molar-refractivity contribution < 1.29 is 0 Å². The van der Waals surface area contributed by atoms with E-state index in [9.17, 15) is 0 Å². The van der Waals surface area contributed by atoms with Gasteiger partial charge in [-0.2, -0.15) is 0 Å². The Balaban J connectivity index is 2.73. The summed E-state index contributed by atoms with van der Waals surface area (Å²) in [6.07, 6.45) is 2.46. The summed E-state index contributed by atoms with van der Waals surface area (Å²) in [7, 11) is 0. The highest BCUT2D eigenvalue weighted by Gasteiger charge is 2.18. The fourth-order valence-corrected chi connectivity index (χ4v) is 3.91. The maximum absolute atomic E-state index is 6.01. The van der Waals surface area contributed by atoms with Crippen LogP contribution < -0.4 is 0 Å². The zero-order valence-corrected chi connectivity index (χ0v) is 12.9. The third-order valence-electron chi connectivity index (χ3n) is 2.18. The van der Waals surface area contributed by atoms with Crippen LogP contribution in [0.5, 0.6) is 0 Å². The van der Waals surface area contributed by atoms with Crippen LogP contribution in [0.1, 0.15) is 36.4 Å². The smallest absolute Gasteiger partial charge is 0.107 e. The van der Waals surface area contributed by atoms with Crippen molar-refractivity contribution in [3.63, 3.8) is 0 Å². The molecule has 0 amide bonds. The van der Waals surface area contributed by atoms with Crippen molar-refractivity contribution in [3.05, 3.63) is 19.8 Å². The van der Waals surface area contributed by atoms with Crippen molar-refractivity contribution in [3.8, 4) is 0 Å². The summed E-state index contributed by atoms with van der Waals surface area (Å²) < 4.78 is 1.85. The highest BCUT2D eigenvalue weighted by atomic mass is 79.9. The van der Waals surface area contributed by atoms with E-state index in [1.807, 2.05) is 0 Å². The average Bonchev–Trinajstić information content (AvgIpc) is 2.46. The second kappa shape index (κ2) is 5.88. The van der Waals surface area contributed by atoms with Crippen LogP contribution in [0.4, 0.5) is 0 Å². The molecule has 1 rings (SSSR count). The first kappa shape index (κ1) is 13.0. The van der Waals surface area contributed by atoms with E-state index in [0.717, 1.165) is 8.81 Å². The van der Waals surface area contributed by atoms with Gasteiger partial charge in [0.15, 0.2) is 0 Å². The molecule has 14 heavy (non-hydrogen) atoms. The van der Waals surface area contributed by atoms with Gasteiger partial charge in [0.05, 0.1) is 4.83 Å². The molecule has 2 atom stereocenters. The molecule has 0 aromatic carbocycles. The number of alkyl halides is 1. The normalized spacial score (nSPS) is 15.5. The molecular formula is C10H13Br2ClS. The van der Waals surface area contributed by atoms with Gasteiger partial charge in [-0.1, -0.05) is 47.8 Å². The molecule has 0 N–H and O–H groups in total. The number of hydrogen-bond acceptors (Lipinski definition) is 1. The zero-order chi connectivity index (χ0) is 10.7. The van der Waals surface area contributed by atoms with E-state index in [2.05, 4.69) is 51.8 Å². The third-order valence-corrected chi connectivity index (χ3v) is 6.44. The predicted molar refractivity (Wildman–Crippen MR) is 72.8 cm³/mol. The van der Waals surface area contributed by atoms with Gasteiger partial charge >= 0.3 is 0 Å². The second-order valence-electron chi connectivity index (χ2n) is 3.44. The minimum Gasteiger partial charge on any atom is -0.126 e. The van der Waals surface area contributed by atoms with Gasteiger partial charge in [0.1, 0.15) is 4.34 Å². The van der Waals surface area contributed by atoms with Crippen molar-refractivity contribution in [2.45, 2.75) is 31.5 Å². The number of rotatable bonds is 4. The maximum Gasteiger partial charge on any atom is 0.107 e. The zero-order valence-electron chi connectivity index (χ0n) is 8.19. The lowest BCUT2D eigenvalue weighted by molar-refractivity contribution is 0.522. The van der Waals surface area contributed by atoms with Crippen LogP contribution in [0.15, 0.2) is 10.5 Å². The molecular weight excluding hydrogens is 347 g/mol. The average molecular weight is 361 g/mol. The molecule has 0 spiro atoms. The lowest BCUT2D eigenvalue weighted by Gasteiger charge is -2.15. The first-order valence-corrected chi connectivity index (χ1v) is 7.55. The van der Waals surface area contributed by atoms with E-state index in [1.54, 1.807) is 11.3 Å². The Hall–Kier alpha value is 0.950. The molecule has 0 saturated carbocycles. The SMILES string of the molecule is CCCC(C)C(Br)c1cc(Br)c(Cl)s1. The van der Waals surface area contributed by atoms with E-state index >= 15 is 0 Å². The Bertz CT molecular complexity index is 279. The van der Waals surface area contributed by atoms with E-state index in [0.29, 0.717) is 10.7 Å². The molecule has 0 aliphatic rings. The van der Waals surface area contributed by atoms with Crippen molar-refractivity contribution >= 4 is 54.8 Å². The summed E-state index contributed by atoms with van der Waals surface area (Å²) in [4.78, 5) is 1.74. The Kier molecular flexibility index (Phi) is 5.47. The Labute approximate surface area is 111 Å². The summed E-state index contributed by atoms with van der Waals surface area (Å²) in [5, 5.41) is 0. The van der Waals surface area contributed by atoms with Crippen LogP contribution in [0, 0.1) is 5.92 Å². The molecule has 0 bridgehead atoms. The highest BCUT2D eigenvalue weighted by molar-refractivity contribution is 9.10. The molecule has 1 aromatic rings. The summed E-state index contributed by atoms with van der Waals surface area (Å²) in [6, 6.07) is 2.11. The molecule has 0 nitrogen and oxygen atoms in total. The van der Waals surface area contributed by atoms with Crippen molar-refractivity contribution in [2.75, 3.05) is 0 Å². The van der Waals surface area contributed by atoms with Crippen LogP contribution in [0.3, 0.4) is 0 Å². The fraction of sp³-hybridized carbons (Fsp3) is 0.600. The third kappa shape index (κ3) is 3.22. The van der Waals surface area contributed by atoms with Gasteiger partial charge in [-0.05, 0) is 34.3 Å². The molecule has 2 unspecified atom stereocenters. The molecule has 80 valence electrons. The van der Waals surface area contributed by atoms with Gasteiger partial charge in [0.2, 0.25) is 0 Å². The highest BCUT2D eigenvalue weighted by Crippen LogP contribution is 2.42. The number of hydrogen-bond donors (Lipinski definition) is 0. The van der Waals surface area contributed by atoms with E-state index in [4.69, 9.17) is 11.6 Å². The van der Waals surface area contributed by atoms with Gasteiger partial charge in [0.25, 0.3) is 0 Å². The van der Waals surface area contributed by atoms with E-state index < -0.39 is 0 Å². The van der Waals surface area contributed by atoms with Gasteiger partial charge in [-0.15, -0.1) is 11.3 Å². The Morgan fingerprint density at radius 1 is 1.57 bits per heavy atom. The topological polar surface area (TPSA) is 0 Å². The lowest BCUT2D eigenvalue weighted by Crippen LogP contribution is -2.00. The first-order chi connectivity index (χ1) is 6.56. The largest absolute Gasteiger partial charge is 0.126 e. The van der Waals surface area contributed by atoms with Crippen molar-refractivity contribution in [1.29, 1.82) is 0 Å². The molecule has 1 heterocycles. The summed E-state index contributed by atoms with van der Waals surface area (Å²) in [5.41, 5.74) is 0. The summed E-state index contributed by atoms with van der Waals surface area (Å²) in [6.45, 7) is 4.48. The van der Waals surface area contributed by atoms with Crippen molar-refractivity contribution in [2.24, 2.45) is 5.92 Å². The lowest BCUT2D eigenvalue weighted by atomic mass is 10.0.